The Morgan fingerprint density at radius 1 is 1.26 bits per heavy atom. The standard InChI is InChI=1S/C17H21N3O3/c1-22-14-6-7-16(23-2)15(10-14)19-12-13(11-18)17(21)20-8-4-3-5-9-20/h6-7,10,12,19H,3-5,8-9H2,1-2H3/b13-12-. The third-order valence-electron chi connectivity index (χ3n) is 3.77. The molecule has 1 N–H and O–H groups in total. The molecule has 0 saturated carbocycles. The number of carbonyl (C=O) groups excluding carboxylic acids is 1. The number of benzene rings is 1. The van der Waals surface area contributed by atoms with E-state index in [1.165, 1.54) is 6.20 Å². The van der Waals surface area contributed by atoms with E-state index in [4.69, 9.17) is 9.47 Å². The second-order valence-electron chi connectivity index (χ2n) is 5.23. The Labute approximate surface area is 136 Å². The van der Waals surface area contributed by atoms with Crippen molar-refractivity contribution in [3.05, 3.63) is 30.0 Å². The van der Waals surface area contributed by atoms with Crippen LogP contribution in [-0.4, -0.2) is 38.1 Å². The van der Waals surface area contributed by atoms with Crippen LogP contribution in [0.5, 0.6) is 11.5 Å². The summed E-state index contributed by atoms with van der Waals surface area (Å²) >= 11 is 0. The van der Waals surface area contributed by atoms with Gasteiger partial charge in [0.15, 0.2) is 0 Å². The smallest absolute Gasteiger partial charge is 0.266 e. The molecular formula is C17H21N3O3. The number of nitrogens with zero attached hydrogens (tertiary/aromatic N) is 2. The number of nitriles is 1. The second kappa shape index (κ2) is 8.08. The summed E-state index contributed by atoms with van der Waals surface area (Å²) in [6, 6.07) is 7.25. The lowest BCUT2D eigenvalue weighted by Crippen LogP contribution is -2.36. The Kier molecular flexibility index (Phi) is 5.87. The number of ether oxygens (including phenoxy) is 2. The van der Waals surface area contributed by atoms with Gasteiger partial charge < -0.3 is 19.7 Å². The van der Waals surface area contributed by atoms with Gasteiger partial charge in [0.2, 0.25) is 0 Å². The predicted octanol–water partition coefficient (Wildman–Crippen LogP) is 2.54. The van der Waals surface area contributed by atoms with Crippen molar-refractivity contribution in [2.75, 3.05) is 32.6 Å². The van der Waals surface area contributed by atoms with E-state index < -0.39 is 0 Å². The molecule has 1 heterocycles. The van der Waals surface area contributed by atoms with E-state index in [2.05, 4.69) is 5.32 Å². The maximum absolute atomic E-state index is 12.4. The monoisotopic (exact) mass is 315 g/mol. The summed E-state index contributed by atoms with van der Waals surface area (Å²) in [6.07, 6.45) is 4.53. The minimum atomic E-state index is -0.235. The number of nitrogens with one attached hydrogen (secondary N) is 1. The number of carbonyl (C=O) groups is 1. The number of anilines is 1. The zero-order chi connectivity index (χ0) is 16.7. The van der Waals surface area contributed by atoms with E-state index in [1.807, 2.05) is 6.07 Å². The predicted molar refractivity (Wildman–Crippen MR) is 87.3 cm³/mol. The number of methoxy groups -OCH3 is 2. The molecule has 6 heteroatoms. The van der Waals surface area contributed by atoms with Crippen molar-refractivity contribution in [2.45, 2.75) is 19.3 Å². The van der Waals surface area contributed by atoms with Crippen LogP contribution >= 0.6 is 0 Å². The molecule has 1 amide bonds. The molecule has 0 bridgehead atoms. The Bertz CT molecular complexity index is 628. The molecule has 1 aromatic carbocycles. The molecule has 6 nitrogen and oxygen atoms in total. The highest BCUT2D eigenvalue weighted by Crippen LogP contribution is 2.29. The Hall–Kier alpha value is -2.68. The normalized spacial score (nSPS) is 14.8. The summed E-state index contributed by atoms with van der Waals surface area (Å²) in [5, 5.41) is 12.2. The number of hydrogen-bond acceptors (Lipinski definition) is 5. The minimum absolute atomic E-state index is 0.0803. The highest BCUT2D eigenvalue weighted by Gasteiger charge is 2.20. The van der Waals surface area contributed by atoms with Crippen molar-refractivity contribution in [1.82, 2.24) is 4.90 Å². The molecule has 0 radical (unpaired) electrons. The molecule has 0 spiro atoms. The van der Waals surface area contributed by atoms with Crippen molar-refractivity contribution < 1.29 is 14.3 Å². The van der Waals surface area contributed by atoms with Gasteiger partial charge in [-0.15, -0.1) is 0 Å². The molecule has 1 saturated heterocycles. The summed E-state index contributed by atoms with van der Waals surface area (Å²) in [5.41, 5.74) is 0.711. The first-order valence-corrected chi connectivity index (χ1v) is 7.57. The van der Waals surface area contributed by atoms with Crippen LogP contribution in [0.1, 0.15) is 19.3 Å². The van der Waals surface area contributed by atoms with Gasteiger partial charge in [-0.05, 0) is 31.4 Å². The highest BCUT2D eigenvalue weighted by atomic mass is 16.5. The summed E-state index contributed by atoms with van der Waals surface area (Å²) in [7, 11) is 3.13. The Morgan fingerprint density at radius 3 is 2.61 bits per heavy atom. The third-order valence-corrected chi connectivity index (χ3v) is 3.77. The van der Waals surface area contributed by atoms with Crippen molar-refractivity contribution in [1.29, 1.82) is 5.26 Å². The van der Waals surface area contributed by atoms with Crippen LogP contribution in [0, 0.1) is 11.3 Å². The topological polar surface area (TPSA) is 74.6 Å². The molecule has 1 aromatic rings. The SMILES string of the molecule is COc1ccc(OC)c(N/C=C(/C#N)C(=O)N2CCCCC2)c1. The molecular weight excluding hydrogens is 294 g/mol. The van der Waals surface area contributed by atoms with Crippen LogP contribution < -0.4 is 14.8 Å². The van der Waals surface area contributed by atoms with E-state index in [0.717, 1.165) is 19.3 Å². The van der Waals surface area contributed by atoms with Gasteiger partial charge in [-0.2, -0.15) is 5.26 Å². The average Bonchev–Trinajstić information content (AvgIpc) is 2.62. The number of piperidine rings is 1. The first-order chi connectivity index (χ1) is 11.2. The fraction of sp³-hybridized carbons (Fsp3) is 0.412. The van der Waals surface area contributed by atoms with Gasteiger partial charge in [-0.3, -0.25) is 4.79 Å². The van der Waals surface area contributed by atoms with E-state index in [-0.39, 0.29) is 11.5 Å². The summed E-state index contributed by atoms with van der Waals surface area (Å²) in [4.78, 5) is 14.1. The zero-order valence-electron chi connectivity index (χ0n) is 13.5. The lowest BCUT2D eigenvalue weighted by Gasteiger charge is -2.26. The van der Waals surface area contributed by atoms with Crippen LogP contribution in [0.3, 0.4) is 0 Å². The lowest BCUT2D eigenvalue weighted by atomic mass is 10.1. The first kappa shape index (κ1) is 16.7. The molecule has 23 heavy (non-hydrogen) atoms. The largest absolute Gasteiger partial charge is 0.497 e. The Morgan fingerprint density at radius 2 is 2.00 bits per heavy atom. The molecule has 2 rings (SSSR count). The van der Waals surface area contributed by atoms with E-state index in [1.54, 1.807) is 37.3 Å². The van der Waals surface area contributed by atoms with E-state index in [0.29, 0.717) is 30.3 Å². The molecule has 0 aromatic heterocycles. The number of hydrogen-bond donors (Lipinski definition) is 1. The molecule has 0 aliphatic carbocycles. The van der Waals surface area contributed by atoms with E-state index in [9.17, 15) is 10.1 Å². The molecule has 0 unspecified atom stereocenters. The van der Waals surface area contributed by atoms with Gasteiger partial charge in [0, 0.05) is 25.4 Å². The van der Waals surface area contributed by atoms with Crippen molar-refractivity contribution in [3.63, 3.8) is 0 Å². The number of amides is 1. The van der Waals surface area contributed by atoms with Gasteiger partial charge >= 0.3 is 0 Å². The van der Waals surface area contributed by atoms with Crippen molar-refractivity contribution in [3.8, 4) is 17.6 Å². The van der Waals surface area contributed by atoms with Gasteiger partial charge in [0.25, 0.3) is 5.91 Å². The summed E-state index contributed by atoms with van der Waals surface area (Å²) < 4.78 is 10.4. The molecule has 0 atom stereocenters. The van der Waals surface area contributed by atoms with Crippen LogP contribution in [0.4, 0.5) is 5.69 Å². The summed E-state index contributed by atoms with van der Waals surface area (Å²) in [6.45, 7) is 1.42. The van der Waals surface area contributed by atoms with Gasteiger partial charge in [0.05, 0.1) is 19.9 Å². The maximum atomic E-state index is 12.4. The molecule has 1 fully saturated rings. The fourth-order valence-electron chi connectivity index (χ4n) is 2.49. The van der Waals surface area contributed by atoms with Gasteiger partial charge in [0.1, 0.15) is 23.1 Å². The fourth-order valence-corrected chi connectivity index (χ4v) is 2.49. The van der Waals surface area contributed by atoms with Crippen molar-refractivity contribution in [2.24, 2.45) is 0 Å². The van der Waals surface area contributed by atoms with Crippen molar-refractivity contribution >= 4 is 11.6 Å². The molecule has 1 aliphatic rings. The van der Waals surface area contributed by atoms with Crippen LogP contribution in [0.2, 0.25) is 0 Å². The number of rotatable bonds is 5. The third kappa shape index (κ3) is 4.16. The first-order valence-electron chi connectivity index (χ1n) is 7.57. The number of likely N-dealkylation sites (tertiary alicyclic amines) is 1. The van der Waals surface area contributed by atoms with E-state index >= 15 is 0 Å². The van der Waals surface area contributed by atoms with Crippen LogP contribution in [0.15, 0.2) is 30.0 Å². The summed E-state index contributed by atoms with van der Waals surface area (Å²) in [5.74, 6) is 1.02. The maximum Gasteiger partial charge on any atom is 0.266 e. The second-order valence-corrected chi connectivity index (χ2v) is 5.23. The van der Waals surface area contributed by atoms with Crippen LogP contribution in [-0.2, 0) is 4.79 Å². The van der Waals surface area contributed by atoms with Gasteiger partial charge in [-0.25, -0.2) is 0 Å². The Balaban J connectivity index is 2.16. The van der Waals surface area contributed by atoms with Crippen LogP contribution in [0.25, 0.3) is 0 Å². The zero-order valence-corrected chi connectivity index (χ0v) is 13.5. The molecule has 1 aliphatic heterocycles. The van der Waals surface area contributed by atoms with Gasteiger partial charge in [-0.1, -0.05) is 0 Å². The minimum Gasteiger partial charge on any atom is -0.497 e. The average molecular weight is 315 g/mol. The molecule has 122 valence electrons. The highest BCUT2D eigenvalue weighted by molar-refractivity contribution is 5.97. The quantitative estimate of drug-likeness (QED) is 0.667. The lowest BCUT2D eigenvalue weighted by molar-refractivity contribution is -0.127.